The van der Waals surface area contributed by atoms with E-state index < -0.39 is 0 Å². The fraction of sp³-hybridized carbons (Fsp3) is 0.333. The molecule has 2 rings (SSSR count). The van der Waals surface area contributed by atoms with E-state index in [1.165, 1.54) is 16.5 Å². The van der Waals surface area contributed by atoms with Crippen LogP contribution in [-0.4, -0.2) is 0 Å². The molecule has 0 saturated carbocycles. The van der Waals surface area contributed by atoms with Crippen molar-refractivity contribution in [2.75, 3.05) is 0 Å². The minimum Gasteiger partial charge on any atom is -0.464 e. The molecule has 0 aliphatic carbocycles. The molecule has 0 amide bonds. The van der Waals surface area contributed by atoms with Crippen molar-refractivity contribution in [1.82, 2.24) is 0 Å². The Bertz CT molecular complexity index is 424. The molecule has 0 spiro atoms. The van der Waals surface area contributed by atoms with E-state index in [1.54, 1.807) is 6.26 Å². The number of rotatable bonds is 1. The summed E-state index contributed by atoms with van der Waals surface area (Å²) in [6.45, 7) is 6.49. The fourth-order valence-electron chi connectivity index (χ4n) is 1.68. The van der Waals surface area contributed by atoms with E-state index in [4.69, 9.17) is 4.42 Å². The molecule has 2 aromatic rings. The number of furan rings is 1. The maximum absolute atomic E-state index is 5.49. The first-order valence-electron chi connectivity index (χ1n) is 4.67. The highest BCUT2D eigenvalue weighted by Gasteiger charge is 2.08. The van der Waals surface area contributed by atoms with Crippen LogP contribution >= 0.6 is 0 Å². The standard InChI is InChI=1S/C12H14O/c1-8(2)10-5-4-9(3)11-6-7-13-12(10)11/h4-8H,1-3H3. The molecule has 0 unspecified atom stereocenters. The summed E-state index contributed by atoms with van der Waals surface area (Å²) in [7, 11) is 0. The van der Waals surface area contributed by atoms with Gasteiger partial charge in [0.15, 0.2) is 0 Å². The lowest BCUT2D eigenvalue weighted by atomic mass is 9.99. The van der Waals surface area contributed by atoms with Crippen molar-refractivity contribution in [3.8, 4) is 0 Å². The normalized spacial score (nSPS) is 11.4. The average Bonchev–Trinajstić information content (AvgIpc) is 2.53. The van der Waals surface area contributed by atoms with Gasteiger partial charge in [-0.3, -0.25) is 0 Å². The number of benzene rings is 1. The van der Waals surface area contributed by atoms with Crippen molar-refractivity contribution in [2.24, 2.45) is 0 Å². The molecule has 0 fully saturated rings. The third kappa shape index (κ3) is 1.24. The number of hydrogen-bond donors (Lipinski definition) is 0. The summed E-state index contributed by atoms with van der Waals surface area (Å²) in [6, 6.07) is 6.36. The Kier molecular flexibility index (Phi) is 1.87. The lowest BCUT2D eigenvalue weighted by molar-refractivity contribution is 0.607. The molecular weight excluding hydrogens is 160 g/mol. The summed E-state index contributed by atoms with van der Waals surface area (Å²) >= 11 is 0. The largest absolute Gasteiger partial charge is 0.464 e. The molecule has 1 aromatic heterocycles. The van der Waals surface area contributed by atoms with Crippen LogP contribution in [0.4, 0.5) is 0 Å². The quantitative estimate of drug-likeness (QED) is 0.639. The zero-order valence-corrected chi connectivity index (χ0v) is 8.29. The second-order valence-electron chi connectivity index (χ2n) is 3.79. The first kappa shape index (κ1) is 8.36. The van der Waals surface area contributed by atoms with E-state index >= 15 is 0 Å². The maximum Gasteiger partial charge on any atom is 0.137 e. The van der Waals surface area contributed by atoms with Crippen LogP contribution in [0.15, 0.2) is 28.9 Å². The molecular formula is C12H14O. The van der Waals surface area contributed by atoms with E-state index in [-0.39, 0.29) is 0 Å². The number of hydrogen-bond acceptors (Lipinski definition) is 1. The molecule has 13 heavy (non-hydrogen) atoms. The van der Waals surface area contributed by atoms with Crippen LogP contribution in [-0.2, 0) is 0 Å². The van der Waals surface area contributed by atoms with Crippen molar-refractivity contribution < 1.29 is 4.42 Å². The average molecular weight is 174 g/mol. The molecule has 0 aliphatic rings. The Balaban J connectivity index is 2.78. The van der Waals surface area contributed by atoms with Crippen molar-refractivity contribution >= 4 is 11.0 Å². The lowest BCUT2D eigenvalue weighted by Crippen LogP contribution is -1.88. The van der Waals surface area contributed by atoms with Crippen LogP contribution in [0.2, 0.25) is 0 Å². The van der Waals surface area contributed by atoms with Gasteiger partial charge in [-0.15, -0.1) is 0 Å². The Morgan fingerprint density at radius 2 is 1.92 bits per heavy atom. The summed E-state index contributed by atoms with van der Waals surface area (Å²) < 4.78 is 5.49. The summed E-state index contributed by atoms with van der Waals surface area (Å²) in [6.07, 6.45) is 1.77. The van der Waals surface area contributed by atoms with E-state index in [0.29, 0.717) is 5.92 Å². The maximum atomic E-state index is 5.49. The van der Waals surface area contributed by atoms with Crippen LogP contribution in [0.5, 0.6) is 0 Å². The molecule has 1 aromatic carbocycles. The van der Waals surface area contributed by atoms with E-state index in [1.807, 2.05) is 6.07 Å². The van der Waals surface area contributed by atoms with Crippen molar-refractivity contribution in [3.05, 3.63) is 35.6 Å². The first-order chi connectivity index (χ1) is 6.20. The first-order valence-corrected chi connectivity index (χ1v) is 4.67. The predicted molar refractivity (Wildman–Crippen MR) is 55.0 cm³/mol. The van der Waals surface area contributed by atoms with Gasteiger partial charge in [0.25, 0.3) is 0 Å². The van der Waals surface area contributed by atoms with Gasteiger partial charge in [-0.1, -0.05) is 26.0 Å². The van der Waals surface area contributed by atoms with Gasteiger partial charge < -0.3 is 4.42 Å². The van der Waals surface area contributed by atoms with Gasteiger partial charge in [-0.25, -0.2) is 0 Å². The minimum absolute atomic E-state index is 0.522. The van der Waals surface area contributed by atoms with Crippen molar-refractivity contribution in [2.45, 2.75) is 26.7 Å². The molecule has 68 valence electrons. The van der Waals surface area contributed by atoms with Gasteiger partial charge >= 0.3 is 0 Å². The summed E-state index contributed by atoms with van der Waals surface area (Å²) in [5.74, 6) is 0.522. The van der Waals surface area contributed by atoms with Gasteiger partial charge in [0, 0.05) is 5.39 Å². The molecule has 1 heterocycles. The molecule has 0 bridgehead atoms. The van der Waals surface area contributed by atoms with Crippen LogP contribution in [0.25, 0.3) is 11.0 Å². The molecule has 1 nitrogen and oxygen atoms in total. The number of aryl methyl sites for hydroxylation is 1. The van der Waals surface area contributed by atoms with E-state index in [0.717, 1.165) is 5.58 Å². The predicted octanol–water partition coefficient (Wildman–Crippen LogP) is 3.86. The van der Waals surface area contributed by atoms with Gasteiger partial charge in [0.2, 0.25) is 0 Å². The van der Waals surface area contributed by atoms with E-state index in [2.05, 4.69) is 32.9 Å². The van der Waals surface area contributed by atoms with Crippen LogP contribution in [0.1, 0.15) is 30.9 Å². The second-order valence-corrected chi connectivity index (χ2v) is 3.79. The Labute approximate surface area is 78.4 Å². The highest BCUT2D eigenvalue weighted by atomic mass is 16.3. The number of fused-ring (bicyclic) bond motifs is 1. The van der Waals surface area contributed by atoms with Crippen LogP contribution in [0, 0.1) is 6.92 Å². The van der Waals surface area contributed by atoms with Gasteiger partial charge in [0.1, 0.15) is 5.58 Å². The van der Waals surface area contributed by atoms with Crippen molar-refractivity contribution in [3.63, 3.8) is 0 Å². The van der Waals surface area contributed by atoms with Gasteiger partial charge in [-0.05, 0) is 30.0 Å². The molecule has 0 saturated heterocycles. The van der Waals surface area contributed by atoms with E-state index in [9.17, 15) is 0 Å². The zero-order chi connectivity index (χ0) is 9.42. The zero-order valence-electron chi connectivity index (χ0n) is 8.29. The minimum atomic E-state index is 0.522. The van der Waals surface area contributed by atoms with Crippen LogP contribution in [0.3, 0.4) is 0 Å². The molecule has 1 heteroatoms. The van der Waals surface area contributed by atoms with Gasteiger partial charge in [0.05, 0.1) is 6.26 Å². The monoisotopic (exact) mass is 174 g/mol. The smallest absolute Gasteiger partial charge is 0.137 e. The Morgan fingerprint density at radius 3 is 2.62 bits per heavy atom. The molecule has 0 aliphatic heterocycles. The second kappa shape index (κ2) is 2.91. The topological polar surface area (TPSA) is 13.1 Å². The highest BCUT2D eigenvalue weighted by Crippen LogP contribution is 2.28. The fourth-order valence-corrected chi connectivity index (χ4v) is 1.68. The SMILES string of the molecule is Cc1ccc(C(C)C)c2occc12. The summed E-state index contributed by atoms with van der Waals surface area (Å²) in [4.78, 5) is 0. The van der Waals surface area contributed by atoms with Crippen molar-refractivity contribution in [1.29, 1.82) is 0 Å². The van der Waals surface area contributed by atoms with Gasteiger partial charge in [-0.2, -0.15) is 0 Å². The summed E-state index contributed by atoms with van der Waals surface area (Å²) in [5, 5.41) is 1.24. The lowest BCUT2D eigenvalue weighted by Gasteiger charge is -2.06. The Hall–Kier alpha value is -1.24. The Morgan fingerprint density at radius 1 is 1.15 bits per heavy atom. The highest BCUT2D eigenvalue weighted by molar-refractivity contribution is 5.84. The molecule has 0 radical (unpaired) electrons. The third-order valence-corrected chi connectivity index (χ3v) is 2.49. The molecule has 0 N–H and O–H groups in total. The molecule has 0 atom stereocenters. The third-order valence-electron chi connectivity index (χ3n) is 2.49. The van der Waals surface area contributed by atoms with Crippen LogP contribution < -0.4 is 0 Å². The summed E-state index contributed by atoms with van der Waals surface area (Å²) in [5.41, 5.74) is 3.63.